The molecule has 1 heterocycles. The fraction of sp³-hybridized carbons (Fsp3) is 0.875. The van der Waals surface area contributed by atoms with Crippen molar-refractivity contribution in [2.75, 3.05) is 6.54 Å². The molecular weight excluding hydrogens is 406 g/mol. The predicted molar refractivity (Wildman–Crippen MR) is 126 cm³/mol. The Balaban J connectivity index is 1.73. The third-order valence-corrected chi connectivity index (χ3v) is 6.00. The summed E-state index contributed by atoms with van der Waals surface area (Å²) in [4.78, 5) is 22.5. The van der Waals surface area contributed by atoms with Gasteiger partial charge in [-0.3, -0.25) is 9.59 Å². The molecule has 0 aliphatic carbocycles. The van der Waals surface area contributed by atoms with E-state index in [2.05, 4.69) is 25.9 Å². The Morgan fingerprint density at radius 3 is 1.94 bits per heavy atom. The lowest BCUT2D eigenvalue weighted by molar-refractivity contribution is -0.141. The molecule has 0 aliphatic rings. The molecule has 0 aliphatic heterocycles. The number of carboxylic acids is 1. The zero-order valence-electron chi connectivity index (χ0n) is 20.1. The van der Waals surface area contributed by atoms with Crippen molar-refractivity contribution < 1.29 is 14.7 Å². The van der Waals surface area contributed by atoms with E-state index in [0.29, 0.717) is 19.4 Å². The van der Waals surface area contributed by atoms with E-state index >= 15 is 0 Å². The molecule has 1 amide bonds. The standard InChI is InChI=1S/C24H45N5O3/c1-21(24(31)32)17-15-16-20-25-23(30)19-14-12-10-8-6-4-2-3-5-7-9-11-13-18-22-26-28-29-27-22/h21H,2-20H2,1H3,(H,25,30)(H,31,32)(H,26,27,28,29)/t21-/m0/s1. The first-order valence-electron chi connectivity index (χ1n) is 12.8. The Kier molecular flexibility index (Phi) is 17.2. The molecule has 0 fully saturated rings. The lowest BCUT2D eigenvalue weighted by atomic mass is 10.0. The summed E-state index contributed by atoms with van der Waals surface area (Å²) < 4.78 is 0. The first kappa shape index (κ1) is 28.0. The van der Waals surface area contributed by atoms with E-state index < -0.39 is 5.97 Å². The van der Waals surface area contributed by atoms with Gasteiger partial charge in [-0.05, 0) is 25.7 Å². The highest BCUT2D eigenvalue weighted by molar-refractivity contribution is 5.75. The summed E-state index contributed by atoms with van der Waals surface area (Å²) in [6.07, 6.45) is 20.2. The first-order valence-corrected chi connectivity index (χ1v) is 12.8. The number of amides is 1. The summed E-state index contributed by atoms with van der Waals surface area (Å²) in [6.45, 7) is 2.39. The van der Waals surface area contributed by atoms with Crippen LogP contribution in [-0.4, -0.2) is 44.2 Å². The second-order valence-electron chi connectivity index (χ2n) is 9.01. The van der Waals surface area contributed by atoms with Gasteiger partial charge in [0.25, 0.3) is 0 Å². The van der Waals surface area contributed by atoms with E-state index in [9.17, 15) is 9.59 Å². The van der Waals surface area contributed by atoms with Gasteiger partial charge in [-0.25, -0.2) is 0 Å². The minimum atomic E-state index is -0.741. The topological polar surface area (TPSA) is 121 Å². The molecule has 0 saturated carbocycles. The van der Waals surface area contributed by atoms with Gasteiger partial charge in [0.1, 0.15) is 0 Å². The number of aliphatic carboxylic acids is 1. The number of carbonyl (C=O) groups is 2. The molecule has 0 saturated heterocycles. The zero-order valence-corrected chi connectivity index (χ0v) is 20.1. The van der Waals surface area contributed by atoms with E-state index in [4.69, 9.17) is 5.11 Å². The number of aromatic nitrogens is 4. The van der Waals surface area contributed by atoms with Gasteiger partial charge < -0.3 is 10.4 Å². The average molecular weight is 452 g/mol. The summed E-state index contributed by atoms with van der Waals surface area (Å²) in [5.74, 6) is -0.0824. The minimum Gasteiger partial charge on any atom is -0.481 e. The lowest BCUT2D eigenvalue weighted by Gasteiger charge is -2.07. The van der Waals surface area contributed by atoms with Crippen LogP contribution in [0.4, 0.5) is 0 Å². The van der Waals surface area contributed by atoms with Crippen LogP contribution in [0.1, 0.15) is 122 Å². The van der Waals surface area contributed by atoms with E-state index in [0.717, 1.165) is 44.3 Å². The van der Waals surface area contributed by atoms with Gasteiger partial charge in [0.15, 0.2) is 5.82 Å². The number of hydrogen-bond acceptors (Lipinski definition) is 5. The smallest absolute Gasteiger partial charge is 0.306 e. The number of aryl methyl sites for hydroxylation is 1. The monoisotopic (exact) mass is 451 g/mol. The number of nitrogens with zero attached hydrogens (tertiary/aromatic N) is 3. The van der Waals surface area contributed by atoms with Crippen LogP contribution in [0.3, 0.4) is 0 Å². The van der Waals surface area contributed by atoms with Crippen LogP contribution >= 0.6 is 0 Å². The normalized spacial score (nSPS) is 12.0. The molecule has 0 spiro atoms. The molecule has 0 bridgehead atoms. The van der Waals surface area contributed by atoms with Crippen molar-refractivity contribution >= 4 is 11.9 Å². The van der Waals surface area contributed by atoms with Crippen molar-refractivity contribution in [3.63, 3.8) is 0 Å². The largest absolute Gasteiger partial charge is 0.481 e. The third kappa shape index (κ3) is 16.7. The number of aromatic amines is 1. The van der Waals surface area contributed by atoms with Crippen LogP contribution in [0.5, 0.6) is 0 Å². The van der Waals surface area contributed by atoms with Crippen LogP contribution in [0.15, 0.2) is 0 Å². The molecule has 32 heavy (non-hydrogen) atoms. The van der Waals surface area contributed by atoms with Gasteiger partial charge >= 0.3 is 5.97 Å². The number of tetrazole rings is 1. The van der Waals surface area contributed by atoms with Crippen LogP contribution in [0.2, 0.25) is 0 Å². The minimum absolute atomic E-state index is 0.131. The summed E-state index contributed by atoms with van der Waals surface area (Å²) in [7, 11) is 0. The fourth-order valence-corrected chi connectivity index (χ4v) is 3.82. The summed E-state index contributed by atoms with van der Waals surface area (Å²) >= 11 is 0. The molecule has 8 heteroatoms. The second-order valence-corrected chi connectivity index (χ2v) is 9.01. The summed E-state index contributed by atoms with van der Waals surface area (Å²) in [5.41, 5.74) is 0. The van der Waals surface area contributed by atoms with Crippen molar-refractivity contribution in [2.45, 2.75) is 122 Å². The molecule has 1 aromatic rings. The van der Waals surface area contributed by atoms with Crippen molar-refractivity contribution in [1.29, 1.82) is 0 Å². The maximum atomic E-state index is 11.8. The lowest BCUT2D eigenvalue weighted by Crippen LogP contribution is -2.24. The molecule has 1 atom stereocenters. The highest BCUT2D eigenvalue weighted by Gasteiger charge is 2.09. The Hall–Kier alpha value is -1.99. The van der Waals surface area contributed by atoms with Crippen molar-refractivity contribution in [2.24, 2.45) is 5.92 Å². The Bertz CT molecular complexity index is 580. The van der Waals surface area contributed by atoms with Crippen LogP contribution in [0, 0.1) is 5.92 Å². The zero-order chi connectivity index (χ0) is 23.3. The van der Waals surface area contributed by atoms with E-state index in [-0.39, 0.29) is 11.8 Å². The quantitative estimate of drug-likeness (QED) is 0.208. The molecule has 1 aromatic heterocycles. The second kappa shape index (κ2) is 19.7. The Morgan fingerprint density at radius 2 is 1.41 bits per heavy atom. The first-order chi connectivity index (χ1) is 15.6. The van der Waals surface area contributed by atoms with Crippen LogP contribution < -0.4 is 5.32 Å². The van der Waals surface area contributed by atoms with Gasteiger partial charge in [0, 0.05) is 19.4 Å². The number of carboxylic acid groups (broad SMARTS) is 1. The summed E-state index contributed by atoms with van der Waals surface area (Å²) in [5, 5.41) is 25.8. The number of rotatable bonds is 22. The van der Waals surface area contributed by atoms with Crippen LogP contribution in [-0.2, 0) is 16.0 Å². The molecule has 0 aromatic carbocycles. The number of H-pyrrole nitrogens is 1. The number of unbranched alkanes of at least 4 members (excludes halogenated alkanes) is 13. The van der Waals surface area contributed by atoms with Gasteiger partial charge in [-0.15, -0.1) is 10.2 Å². The van der Waals surface area contributed by atoms with Gasteiger partial charge in [0.2, 0.25) is 5.91 Å². The maximum absolute atomic E-state index is 11.8. The number of carbonyl (C=O) groups excluding carboxylic acids is 1. The fourth-order valence-electron chi connectivity index (χ4n) is 3.82. The molecule has 0 unspecified atom stereocenters. The Labute approximate surface area is 193 Å². The van der Waals surface area contributed by atoms with Gasteiger partial charge in [-0.2, -0.15) is 5.21 Å². The van der Waals surface area contributed by atoms with Crippen molar-refractivity contribution in [3.8, 4) is 0 Å². The molecular formula is C24H45N5O3. The van der Waals surface area contributed by atoms with Gasteiger partial charge in [0.05, 0.1) is 5.92 Å². The Morgan fingerprint density at radius 1 is 0.844 bits per heavy atom. The summed E-state index contributed by atoms with van der Waals surface area (Å²) in [6, 6.07) is 0. The van der Waals surface area contributed by atoms with Gasteiger partial charge in [-0.1, -0.05) is 89.2 Å². The third-order valence-electron chi connectivity index (χ3n) is 6.00. The van der Waals surface area contributed by atoms with E-state index in [1.54, 1.807) is 6.92 Å². The molecule has 0 radical (unpaired) electrons. The maximum Gasteiger partial charge on any atom is 0.306 e. The SMILES string of the molecule is C[C@@H](CCCCNC(=O)CCCCCCCCCCCCCCCc1nn[nH]n1)C(=O)O. The van der Waals surface area contributed by atoms with Crippen molar-refractivity contribution in [1.82, 2.24) is 25.9 Å². The molecule has 184 valence electrons. The van der Waals surface area contributed by atoms with E-state index in [1.807, 2.05) is 0 Å². The predicted octanol–water partition coefficient (Wildman–Crippen LogP) is 5.21. The highest BCUT2D eigenvalue weighted by atomic mass is 16.4. The van der Waals surface area contributed by atoms with Crippen molar-refractivity contribution in [3.05, 3.63) is 5.82 Å². The van der Waals surface area contributed by atoms with Crippen LogP contribution in [0.25, 0.3) is 0 Å². The average Bonchev–Trinajstić information content (AvgIpc) is 3.29. The van der Waals surface area contributed by atoms with E-state index in [1.165, 1.54) is 64.2 Å². The molecule has 1 rings (SSSR count). The highest BCUT2D eigenvalue weighted by Crippen LogP contribution is 2.13. The number of hydrogen-bond donors (Lipinski definition) is 3. The molecule has 3 N–H and O–H groups in total. The molecule has 8 nitrogen and oxygen atoms in total. The number of nitrogens with one attached hydrogen (secondary N) is 2.